The Labute approximate surface area is 151 Å². The second-order valence-corrected chi connectivity index (χ2v) is 6.56. The molecule has 0 bridgehead atoms. The van der Waals surface area contributed by atoms with E-state index in [0.29, 0.717) is 12.5 Å². The van der Waals surface area contributed by atoms with E-state index in [0.717, 1.165) is 39.6 Å². The molecule has 0 aliphatic heterocycles. The molecule has 0 unspecified atom stereocenters. The molecular formula is C21H20FN3O. The van der Waals surface area contributed by atoms with Gasteiger partial charge in [-0.15, -0.1) is 0 Å². The minimum absolute atomic E-state index is 0.246. The van der Waals surface area contributed by atoms with E-state index in [4.69, 9.17) is 9.72 Å². The summed E-state index contributed by atoms with van der Waals surface area (Å²) < 4.78 is 19.2. The summed E-state index contributed by atoms with van der Waals surface area (Å²) in [6.45, 7) is 1.37. The lowest BCUT2D eigenvalue weighted by molar-refractivity contribution is 0.257. The van der Waals surface area contributed by atoms with Crippen LogP contribution in [0.5, 0.6) is 5.88 Å². The van der Waals surface area contributed by atoms with Gasteiger partial charge in [-0.2, -0.15) is 0 Å². The highest BCUT2D eigenvalue weighted by atomic mass is 19.1. The fraction of sp³-hybridized carbons (Fsp3) is 0.190. The second-order valence-electron chi connectivity index (χ2n) is 6.56. The number of para-hydroxylation sites is 1. The molecule has 0 radical (unpaired) electrons. The van der Waals surface area contributed by atoms with Gasteiger partial charge in [-0.25, -0.2) is 9.37 Å². The number of benzene rings is 2. The van der Waals surface area contributed by atoms with Crippen LogP contribution in [0.25, 0.3) is 33.1 Å². The van der Waals surface area contributed by atoms with Crippen LogP contribution in [-0.4, -0.2) is 42.1 Å². The molecule has 0 spiro atoms. The van der Waals surface area contributed by atoms with E-state index in [-0.39, 0.29) is 5.82 Å². The Morgan fingerprint density at radius 2 is 1.81 bits per heavy atom. The standard InChI is InChI=1S/C21H20FN3O/c1-25(2)11-12-26-21-17-13-19(14-7-9-15(22)10-8-14)23-20(17)16-5-3-4-6-18(16)24-21/h3-10,13,23H,11-12H2,1-2H3. The number of aromatic nitrogens is 2. The molecule has 0 amide bonds. The van der Waals surface area contributed by atoms with Gasteiger partial charge in [-0.05, 0) is 56.1 Å². The average molecular weight is 349 g/mol. The molecule has 2 aromatic carbocycles. The summed E-state index contributed by atoms with van der Waals surface area (Å²) in [7, 11) is 4.02. The Bertz CT molecular complexity index is 1050. The minimum atomic E-state index is -0.246. The second kappa shape index (κ2) is 6.77. The van der Waals surface area contributed by atoms with Crippen LogP contribution < -0.4 is 4.74 Å². The molecule has 0 fully saturated rings. The number of pyridine rings is 1. The van der Waals surface area contributed by atoms with Gasteiger partial charge >= 0.3 is 0 Å². The molecule has 26 heavy (non-hydrogen) atoms. The highest BCUT2D eigenvalue weighted by molar-refractivity contribution is 6.07. The van der Waals surface area contributed by atoms with Crippen molar-refractivity contribution in [2.24, 2.45) is 0 Å². The summed E-state index contributed by atoms with van der Waals surface area (Å²) >= 11 is 0. The third kappa shape index (κ3) is 3.13. The first-order valence-corrected chi connectivity index (χ1v) is 8.57. The van der Waals surface area contributed by atoms with Crippen LogP contribution in [0.1, 0.15) is 0 Å². The summed E-state index contributed by atoms with van der Waals surface area (Å²) in [6, 6.07) is 16.5. The zero-order valence-corrected chi connectivity index (χ0v) is 14.8. The Hall–Kier alpha value is -2.92. The number of ether oxygens (including phenoxy) is 1. The maximum Gasteiger partial charge on any atom is 0.223 e. The van der Waals surface area contributed by atoms with Crippen molar-refractivity contribution >= 4 is 21.8 Å². The predicted molar refractivity (Wildman–Crippen MR) is 103 cm³/mol. The van der Waals surface area contributed by atoms with Crippen LogP contribution in [0.15, 0.2) is 54.6 Å². The average Bonchev–Trinajstić information content (AvgIpc) is 3.08. The van der Waals surface area contributed by atoms with Crippen LogP contribution >= 0.6 is 0 Å². The number of likely N-dealkylation sites (N-methyl/N-ethyl adjacent to an activating group) is 1. The SMILES string of the molecule is CN(C)CCOc1nc2ccccc2c2[nH]c(-c3ccc(F)cc3)cc12. The lowest BCUT2D eigenvalue weighted by atomic mass is 10.1. The van der Waals surface area contributed by atoms with Gasteiger partial charge < -0.3 is 14.6 Å². The Morgan fingerprint density at radius 1 is 1.04 bits per heavy atom. The molecule has 0 saturated heterocycles. The number of fused-ring (bicyclic) bond motifs is 3. The van der Waals surface area contributed by atoms with Crippen LogP contribution in [-0.2, 0) is 0 Å². The van der Waals surface area contributed by atoms with Crippen molar-refractivity contribution in [3.63, 3.8) is 0 Å². The summed E-state index contributed by atoms with van der Waals surface area (Å²) in [5.74, 6) is 0.370. The van der Waals surface area contributed by atoms with E-state index >= 15 is 0 Å². The van der Waals surface area contributed by atoms with Crippen molar-refractivity contribution < 1.29 is 9.13 Å². The van der Waals surface area contributed by atoms with Gasteiger partial charge in [0.25, 0.3) is 0 Å². The minimum Gasteiger partial charge on any atom is -0.476 e. The van der Waals surface area contributed by atoms with Crippen LogP contribution in [0.3, 0.4) is 0 Å². The Morgan fingerprint density at radius 3 is 2.58 bits per heavy atom. The number of nitrogens with zero attached hydrogens (tertiary/aromatic N) is 2. The van der Waals surface area contributed by atoms with Crippen LogP contribution in [0, 0.1) is 5.82 Å². The number of rotatable bonds is 5. The summed E-state index contributed by atoms with van der Waals surface area (Å²) in [5, 5.41) is 1.97. The molecule has 1 N–H and O–H groups in total. The van der Waals surface area contributed by atoms with Gasteiger partial charge in [-0.3, -0.25) is 0 Å². The predicted octanol–water partition coefficient (Wildman–Crippen LogP) is 4.46. The maximum absolute atomic E-state index is 13.2. The molecule has 4 aromatic rings. The zero-order chi connectivity index (χ0) is 18.1. The number of hydrogen-bond donors (Lipinski definition) is 1. The van der Waals surface area contributed by atoms with Crippen molar-refractivity contribution in [2.45, 2.75) is 0 Å². The van der Waals surface area contributed by atoms with Gasteiger partial charge in [-0.1, -0.05) is 18.2 Å². The van der Waals surface area contributed by atoms with E-state index in [1.807, 2.05) is 44.4 Å². The van der Waals surface area contributed by atoms with Gasteiger partial charge in [0.2, 0.25) is 5.88 Å². The number of aromatic amines is 1. The van der Waals surface area contributed by atoms with Crippen molar-refractivity contribution in [3.8, 4) is 17.1 Å². The van der Waals surface area contributed by atoms with Crippen molar-refractivity contribution in [1.29, 1.82) is 0 Å². The maximum atomic E-state index is 13.2. The molecule has 0 atom stereocenters. The quantitative estimate of drug-likeness (QED) is 0.578. The summed E-state index contributed by atoms with van der Waals surface area (Å²) in [4.78, 5) is 10.2. The Kier molecular flexibility index (Phi) is 4.31. The molecule has 0 aliphatic rings. The number of halogens is 1. The van der Waals surface area contributed by atoms with Gasteiger partial charge in [0, 0.05) is 17.6 Å². The van der Waals surface area contributed by atoms with E-state index < -0.39 is 0 Å². The lowest BCUT2D eigenvalue weighted by Gasteiger charge is -2.11. The monoisotopic (exact) mass is 349 g/mol. The highest BCUT2D eigenvalue weighted by Crippen LogP contribution is 2.34. The first kappa shape index (κ1) is 16.5. The first-order valence-electron chi connectivity index (χ1n) is 8.57. The van der Waals surface area contributed by atoms with E-state index in [1.165, 1.54) is 12.1 Å². The van der Waals surface area contributed by atoms with Crippen LogP contribution in [0.2, 0.25) is 0 Å². The third-order valence-electron chi connectivity index (χ3n) is 4.38. The number of H-pyrrole nitrogens is 1. The van der Waals surface area contributed by atoms with E-state index in [1.54, 1.807) is 12.1 Å². The van der Waals surface area contributed by atoms with E-state index in [9.17, 15) is 4.39 Å². The van der Waals surface area contributed by atoms with Crippen LogP contribution in [0.4, 0.5) is 4.39 Å². The highest BCUT2D eigenvalue weighted by Gasteiger charge is 2.14. The lowest BCUT2D eigenvalue weighted by Crippen LogP contribution is -2.19. The van der Waals surface area contributed by atoms with Crippen molar-refractivity contribution in [2.75, 3.05) is 27.2 Å². The molecule has 4 rings (SSSR count). The summed E-state index contributed by atoms with van der Waals surface area (Å²) in [5.41, 5.74) is 3.70. The first-order chi connectivity index (χ1) is 12.6. The van der Waals surface area contributed by atoms with Gasteiger partial charge in [0.1, 0.15) is 12.4 Å². The topological polar surface area (TPSA) is 41.1 Å². The molecule has 132 valence electrons. The molecule has 0 aliphatic carbocycles. The molecular weight excluding hydrogens is 329 g/mol. The molecule has 4 nitrogen and oxygen atoms in total. The van der Waals surface area contributed by atoms with Crippen molar-refractivity contribution in [1.82, 2.24) is 14.9 Å². The van der Waals surface area contributed by atoms with Crippen molar-refractivity contribution in [3.05, 3.63) is 60.4 Å². The number of nitrogens with one attached hydrogen (secondary N) is 1. The smallest absolute Gasteiger partial charge is 0.223 e. The number of hydrogen-bond acceptors (Lipinski definition) is 3. The van der Waals surface area contributed by atoms with E-state index in [2.05, 4.69) is 9.88 Å². The summed E-state index contributed by atoms with van der Waals surface area (Å²) in [6.07, 6.45) is 0. The fourth-order valence-corrected chi connectivity index (χ4v) is 3.01. The molecule has 0 saturated carbocycles. The van der Waals surface area contributed by atoms with Gasteiger partial charge in [0.15, 0.2) is 0 Å². The molecule has 2 aromatic heterocycles. The largest absolute Gasteiger partial charge is 0.476 e. The molecule has 2 heterocycles. The Balaban J connectivity index is 1.85. The normalized spacial score (nSPS) is 11.5. The molecule has 5 heteroatoms. The van der Waals surface area contributed by atoms with Gasteiger partial charge in [0.05, 0.1) is 16.4 Å². The third-order valence-corrected chi connectivity index (χ3v) is 4.38. The zero-order valence-electron chi connectivity index (χ0n) is 14.8. The fourth-order valence-electron chi connectivity index (χ4n) is 3.01.